The van der Waals surface area contributed by atoms with Crippen molar-refractivity contribution in [1.82, 2.24) is 9.88 Å². The smallest absolute Gasteiger partial charge is 0.414 e. The van der Waals surface area contributed by atoms with Gasteiger partial charge in [-0.1, -0.05) is 26.0 Å². The zero-order valence-corrected chi connectivity index (χ0v) is 12.6. The van der Waals surface area contributed by atoms with Crippen LogP contribution in [0.2, 0.25) is 0 Å². The predicted molar refractivity (Wildman–Crippen MR) is 81.4 cm³/mol. The normalized spacial score (nSPS) is 14.1. The first kappa shape index (κ1) is 20.0. The molecule has 0 bridgehead atoms. The lowest BCUT2D eigenvalue weighted by atomic mass is 9.92. The number of carboxylic acids is 2. The molecule has 2 rings (SSSR count). The van der Waals surface area contributed by atoms with Gasteiger partial charge >= 0.3 is 11.9 Å². The number of pyridine rings is 1. The molecule has 0 unspecified atom stereocenters. The zero-order valence-electron chi connectivity index (χ0n) is 12.6. The predicted octanol–water partition coefficient (Wildman–Crippen LogP) is 0.922. The molecule has 0 atom stereocenters. The summed E-state index contributed by atoms with van der Waals surface area (Å²) in [5.74, 6) is -3.71. The van der Waals surface area contributed by atoms with Crippen LogP contribution in [0.15, 0.2) is 49.1 Å². The molecule has 0 aliphatic carbocycles. The van der Waals surface area contributed by atoms with Gasteiger partial charge in [-0.25, -0.2) is 9.59 Å². The third-order valence-electron chi connectivity index (χ3n) is 2.66. The van der Waals surface area contributed by atoms with E-state index in [1.807, 2.05) is 12.2 Å². The van der Waals surface area contributed by atoms with Crippen LogP contribution < -0.4 is 0 Å². The molecule has 1 amide bonds. The summed E-state index contributed by atoms with van der Waals surface area (Å²) in [7, 11) is 0. The van der Waals surface area contributed by atoms with Crippen LogP contribution in [0.1, 0.15) is 24.2 Å². The van der Waals surface area contributed by atoms with Crippen molar-refractivity contribution >= 4 is 17.8 Å². The number of allylic oxidation sites excluding steroid dienone is 2. The Hall–Kier alpha value is -3.00. The number of amides is 1. The lowest BCUT2D eigenvalue weighted by molar-refractivity contribution is -0.159. The first-order chi connectivity index (χ1) is 10.2. The second-order valence-electron chi connectivity index (χ2n) is 5.02. The van der Waals surface area contributed by atoms with Gasteiger partial charge in [0.25, 0.3) is 5.91 Å². The van der Waals surface area contributed by atoms with E-state index in [1.165, 1.54) is 0 Å². The van der Waals surface area contributed by atoms with Gasteiger partial charge in [-0.2, -0.15) is 0 Å². The van der Waals surface area contributed by atoms with Gasteiger partial charge in [-0.15, -0.1) is 0 Å². The van der Waals surface area contributed by atoms with Crippen molar-refractivity contribution < 1.29 is 30.1 Å². The molecule has 1 aliphatic rings. The van der Waals surface area contributed by atoms with Gasteiger partial charge in [-0.3, -0.25) is 14.7 Å². The number of carbonyl (C=O) groups excluding carboxylic acids is 1. The van der Waals surface area contributed by atoms with Crippen LogP contribution in [0, 0.1) is 5.41 Å². The van der Waals surface area contributed by atoms with Crippen molar-refractivity contribution in [3.63, 3.8) is 0 Å². The van der Waals surface area contributed by atoms with E-state index in [1.54, 1.807) is 41.8 Å². The van der Waals surface area contributed by atoms with E-state index in [9.17, 15) is 4.79 Å². The molecule has 0 radical (unpaired) electrons. The Morgan fingerprint density at radius 1 is 1.09 bits per heavy atom. The van der Waals surface area contributed by atoms with E-state index in [0.717, 1.165) is 0 Å². The fraction of sp³-hybridized carbons (Fsp3) is 0.200. The maximum atomic E-state index is 12.0. The summed E-state index contributed by atoms with van der Waals surface area (Å²) in [6.07, 6.45) is 10.8. The minimum Gasteiger partial charge on any atom is -0.473 e. The second kappa shape index (κ2) is 8.44. The topological polar surface area (TPSA) is 139 Å². The number of aliphatic carboxylic acids is 2. The monoisotopic (exact) mass is 322 g/mol. The molecule has 4 N–H and O–H groups in total. The molecule has 0 saturated heterocycles. The average molecular weight is 322 g/mol. The van der Waals surface area contributed by atoms with Crippen LogP contribution in [0.25, 0.3) is 0 Å². The number of hydrogen-bond acceptors (Lipinski definition) is 4. The molecule has 2 heterocycles. The van der Waals surface area contributed by atoms with Gasteiger partial charge < -0.3 is 15.7 Å². The van der Waals surface area contributed by atoms with E-state index >= 15 is 0 Å². The highest BCUT2D eigenvalue weighted by molar-refractivity contribution is 6.27. The summed E-state index contributed by atoms with van der Waals surface area (Å²) in [6, 6.07) is 3.52. The fourth-order valence-electron chi connectivity index (χ4n) is 1.42. The van der Waals surface area contributed by atoms with Crippen LogP contribution >= 0.6 is 0 Å². The molecular weight excluding hydrogens is 304 g/mol. The van der Waals surface area contributed by atoms with E-state index < -0.39 is 11.9 Å². The van der Waals surface area contributed by atoms with Crippen molar-refractivity contribution in [1.29, 1.82) is 0 Å². The maximum Gasteiger partial charge on any atom is 0.414 e. The summed E-state index contributed by atoms with van der Waals surface area (Å²) in [6.45, 7) is 4.18. The Kier molecular flexibility index (Phi) is 7.34. The molecule has 1 aromatic heterocycles. The summed E-state index contributed by atoms with van der Waals surface area (Å²) >= 11 is 0. The van der Waals surface area contributed by atoms with Crippen LogP contribution in [0.3, 0.4) is 0 Å². The van der Waals surface area contributed by atoms with E-state index in [2.05, 4.69) is 18.8 Å². The molecular formula is C15H18N2O6. The molecule has 8 heteroatoms. The molecule has 23 heavy (non-hydrogen) atoms. The number of rotatable bonds is 1. The van der Waals surface area contributed by atoms with Crippen LogP contribution in [-0.2, 0) is 9.59 Å². The Morgan fingerprint density at radius 2 is 1.61 bits per heavy atom. The highest BCUT2D eigenvalue weighted by Gasteiger charge is 2.18. The minimum atomic E-state index is -1.82. The summed E-state index contributed by atoms with van der Waals surface area (Å²) in [5.41, 5.74) is 0.614. The summed E-state index contributed by atoms with van der Waals surface area (Å²) < 4.78 is 0. The van der Waals surface area contributed by atoms with Crippen molar-refractivity contribution in [3.8, 4) is 0 Å². The quantitative estimate of drug-likeness (QED) is 0.737. The van der Waals surface area contributed by atoms with Gasteiger partial charge in [0, 0.05) is 30.2 Å². The minimum absolute atomic E-state index is 0. The lowest BCUT2D eigenvalue weighted by Crippen LogP contribution is -2.24. The lowest BCUT2D eigenvalue weighted by Gasteiger charge is -2.24. The average Bonchev–Trinajstić information content (AvgIpc) is 2.48. The first-order valence-electron chi connectivity index (χ1n) is 6.30. The molecule has 124 valence electrons. The molecule has 0 spiro atoms. The molecule has 1 aliphatic heterocycles. The Labute approximate surface area is 132 Å². The van der Waals surface area contributed by atoms with Crippen LogP contribution in [0.4, 0.5) is 0 Å². The first-order valence-corrected chi connectivity index (χ1v) is 6.30. The SMILES string of the molecule is CC1(C)C=CN(C(=O)c2cccnc2)C=C1.O.O=C(O)C(=O)O. The zero-order chi connectivity index (χ0) is 16.8. The Morgan fingerprint density at radius 3 is 2.00 bits per heavy atom. The summed E-state index contributed by atoms with van der Waals surface area (Å²) in [5, 5.41) is 14.8. The van der Waals surface area contributed by atoms with Gasteiger partial charge in [-0.05, 0) is 12.1 Å². The Balaban J connectivity index is 0.000000599. The summed E-state index contributed by atoms with van der Waals surface area (Å²) in [4.78, 5) is 35.7. The molecule has 0 fully saturated rings. The standard InChI is InChI=1S/C13H14N2O.C2H2O4.H2O/c1-13(2)5-8-15(9-6-13)12(16)11-4-3-7-14-10-11;3-1(4)2(5)6;/h3-10H,1-2H3;(H,3,4)(H,5,6);1H2. The molecule has 0 saturated carbocycles. The van der Waals surface area contributed by atoms with E-state index in [4.69, 9.17) is 19.8 Å². The Bertz CT molecular complexity index is 594. The number of nitrogens with zero attached hydrogens (tertiary/aromatic N) is 2. The van der Waals surface area contributed by atoms with Crippen molar-refractivity contribution in [2.45, 2.75) is 13.8 Å². The third-order valence-corrected chi connectivity index (χ3v) is 2.66. The fourth-order valence-corrected chi connectivity index (χ4v) is 1.42. The van der Waals surface area contributed by atoms with Gasteiger partial charge in [0.15, 0.2) is 0 Å². The maximum absolute atomic E-state index is 12.0. The van der Waals surface area contributed by atoms with E-state index in [-0.39, 0.29) is 16.8 Å². The second-order valence-corrected chi connectivity index (χ2v) is 5.02. The number of hydrogen-bond donors (Lipinski definition) is 2. The molecule has 1 aromatic rings. The van der Waals surface area contributed by atoms with Crippen molar-refractivity contribution in [2.24, 2.45) is 5.41 Å². The molecule has 0 aromatic carbocycles. The third kappa shape index (κ3) is 6.53. The van der Waals surface area contributed by atoms with Gasteiger partial charge in [0.05, 0.1) is 5.56 Å². The highest BCUT2D eigenvalue weighted by atomic mass is 16.4. The van der Waals surface area contributed by atoms with Gasteiger partial charge in [0.1, 0.15) is 0 Å². The van der Waals surface area contributed by atoms with Gasteiger partial charge in [0.2, 0.25) is 0 Å². The number of carbonyl (C=O) groups is 3. The molecule has 8 nitrogen and oxygen atoms in total. The van der Waals surface area contributed by atoms with Crippen molar-refractivity contribution in [2.75, 3.05) is 0 Å². The van der Waals surface area contributed by atoms with E-state index in [0.29, 0.717) is 5.56 Å². The highest BCUT2D eigenvalue weighted by Crippen LogP contribution is 2.24. The number of aromatic nitrogens is 1. The largest absolute Gasteiger partial charge is 0.473 e. The van der Waals surface area contributed by atoms with Crippen LogP contribution in [-0.4, -0.2) is 43.4 Å². The van der Waals surface area contributed by atoms with Crippen LogP contribution in [0.5, 0.6) is 0 Å². The number of carboxylic acid groups (broad SMARTS) is 2. The van der Waals surface area contributed by atoms with Crippen molar-refractivity contribution in [3.05, 3.63) is 54.6 Å².